The molecule has 1 N–H and O–H groups in total. The van der Waals surface area contributed by atoms with Crippen molar-refractivity contribution in [2.75, 3.05) is 32.1 Å². The van der Waals surface area contributed by atoms with E-state index in [-0.39, 0.29) is 6.10 Å². The van der Waals surface area contributed by atoms with Crippen LogP contribution in [0.1, 0.15) is 25.0 Å². The van der Waals surface area contributed by atoms with E-state index in [0.29, 0.717) is 0 Å². The SMILES string of the molecule is CN(C)c1cccc(-c2ccc(CN3CCCC(O)CC3)o2)c1. The van der Waals surface area contributed by atoms with E-state index in [4.69, 9.17) is 4.42 Å². The Hall–Kier alpha value is -1.78. The maximum absolute atomic E-state index is 9.74. The summed E-state index contributed by atoms with van der Waals surface area (Å²) in [5.41, 5.74) is 2.27. The maximum Gasteiger partial charge on any atom is 0.134 e. The summed E-state index contributed by atoms with van der Waals surface area (Å²) >= 11 is 0. The summed E-state index contributed by atoms with van der Waals surface area (Å²) in [6, 6.07) is 12.5. The number of hydrogen-bond donors (Lipinski definition) is 1. The number of furan rings is 1. The number of aliphatic hydroxyl groups is 1. The molecule has 0 bridgehead atoms. The molecule has 124 valence electrons. The standard InChI is InChI=1S/C19H26N2O2/c1-20(2)16-6-3-5-15(13-16)19-9-8-18(23-19)14-21-11-4-7-17(22)10-12-21/h3,5-6,8-9,13,17,22H,4,7,10-12,14H2,1-2H3. The van der Waals surface area contributed by atoms with Gasteiger partial charge in [-0.1, -0.05) is 12.1 Å². The van der Waals surface area contributed by atoms with Gasteiger partial charge in [0.25, 0.3) is 0 Å². The van der Waals surface area contributed by atoms with E-state index < -0.39 is 0 Å². The molecule has 2 aromatic rings. The van der Waals surface area contributed by atoms with Gasteiger partial charge in [0.1, 0.15) is 11.5 Å². The van der Waals surface area contributed by atoms with Crippen LogP contribution in [-0.4, -0.2) is 43.3 Å². The zero-order valence-electron chi connectivity index (χ0n) is 14.0. The van der Waals surface area contributed by atoms with Gasteiger partial charge >= 0.3 is 0 Å². The molecule has 0 aliphatic carbocycles. The van der Waals surface area contributed by atoms with Crippen molar-refractivity contribution in [2.45, 2.75) is 31.9 Å². The van der Waals surface area contributed by atoms with Crippen LogP contribution in [0.2, 0.25) is 0 Å². The van der Waals surface area contributed by atoms with E-state index in [2.05, 4.69) is 46.2 Å². The predicted molar refractivity (Wildman–Crippen MR) is 93.6 cm³/mol. The summed E-state index contributed by atoms with van der Waals surface area (Å²) in [6.07, 6.45) is 2.69. The third-order valence-electron chi connectivity index (χ3n) is 4.48. The summed E-state index contributed by atoms with van der Waals surface area (Å²) in [4.78, 5) is 4.46. The number of aliphatic hydroxyl groups excluding tert-OH is 1. The molecule has 1 unspecified atom stereocenters. The first kappa shape index (κ1) is 16.1. The van der Waals surface area contributed by atoms with Gasteiger partial charge in [0.2, 0.25) is 0 Å². The molecule has 0 radical (unpaired) electrons. The molecule has 1 aliphatic heterocycles. The van der Waals surface area contributed by atoms with Crippen LogP contribution in [0.25, 0.3) is 11.3 Å². The highest BCUT2D eigenvalue weighted by atomic mass is 16.3. The first-order chi connectivity index (χ1) is 11.1. The van der Waals surface area contributed by atoms with Crippen molar-refractivity contribution < 1.29 is 9.52 Å². The summed E-state index contributed by atoms with van der Waals surface area (Å²) in [6.45, 7) is 2.79. The molecule has 4 heteroatoms. The fourth-order valence-electron chi connectivity index (χ4n) is 3.07. The van der Waals surface area contributed by atoms with Crippen molar-refractivity contribution in [1.29, 1.82) is 0 Å². The van der Waals surface area contributed by atoms with Crippen LogP contribution in [0, 0.1) is 0 Å². The van der Waals surface area contributed by atoms with Gasteiger partial charge in [-0.3, -0.25) is 4.90 Å². The molecule has 1 atom stereocenters. The molecule has 3 rings (SSSR count). The lowest BCUT2D eigenvalue weighted by Crippen LogP contribution is -2.24. The molecule has 1 aromatic carbocycles. The van der Waals surface area contributed by atoms with Gasteiger partial charge in [-0.2, -0.15) is 0 Å². The highest BCUT2D eigenvalue weighted by molar-refractivity contribution is 5.64. The molecular weight excluding hydrogens is 288 g/mol. The van der Waals surface area contributed by atoms with E-state index in [1.807, 2.05) is 14.1 Å². The average Bonchev–Trinajstić information content (AvgIpc) is 2.91. The Kier molecular flexibility index (Phi) is 5.03. The van der Waals surface area contributed by atoms with Crippen LogP contribution in [0.15, 0.2) is 40.8 Å². The van der Waals surface area contributed by atoms with Crippen LogP contribution in [-0.2, 0) is 6.54 Å². The summed E-state index contributed by atoms with van der Waals surface area (Å²) in [5, 5.41) is 9.74. The molecule has 1 aliphatic rings. The molecule has 1 fully saturated rings. The van der Waals surface area contributed by atoms with Crippen LogP contribution in [0.4, 0.5) is 5.69 Å². The molecule has 23 heavy (non-hydrogen) atoms. The van der Waals surface area contributed by atoms with Crippen molar-refractivity contribution in [3.8, 4) is 11.3 Å². The van der Waals surface area contributed by atoms with Crippen molar-refractivity contribution in [3.05, 3.63) is 42.2 Å². The van der Waals surface area contributed by atoms with Crippen LogP contribution < -0.4 is 4.90 Å². The van der Waals surface area contributed by atoms with Gasteiger partial charge in [-0.25, -0.2) is 0 Å². The quantitative estimate of drug-likeness (QED) is 0.939. The first-order valence-electron chi connectivity index (χ1n) is 8.39. The van der Waals surface area contributed by atoms with Crippen molar-refractivity contribution in [2.24, 2.45) is 0 Å². The third-order valence-corrected chi connectivity index (χ3v) is 4.48. The van der Waals surface area contributed by atoms with E-state index in [1.165, 1.54) is 5.69 Å². The lowest BCUT2D eigenvalue weighted by Gasteiger charge is -2.18. The first-order valence-corrected chi connectivity index (χ1v) is 8.39. The van der Waals surface area contributed by atoms with E-state index in [1.54, 1.807) is 0 Å². The Bertz CT molecular complexity index is 636. The van der Waals surface area contributed by atoms with Gasteiger partial charge in [-0.15, -0.1) is 0 Å². The molecule has 1 saturated heterocycles. The molecule has 4 nitrogen and oxygen atoms in total. The maximum atomic E-state index is 9.74. The Labute approximate surface area is 138 Å². The minimum absolute atomic E-state index is 0.138. The molecule has 2 heterocycles. The highest BCUT2D eigenvalue weighted by Gasteiger charge is 2.16. The largest absolute Gasteiger partial charge is 0.460 e. The van der Waals surface area contributed by atoms with E-state index in [0.717, 1.165) is 56.0 Å². The Balaban J connectivity index is 1.69. The number of benzene rings is 1. The number of nitrogens with zero attached hydrogens (tertiary/aromatic N) is 2. The summed E-state index contributed by atoms with van der Waals surface area (Å²) in [5.74, 6) is 1.91. The second-order valence-corrected chi connectivity index (χ2v) is 6.57. The fraction of sp³-hybridized carbons (Fsp3) is 0.474. The normalized spacial score (nSPS) is 19.5. The molecule has 0 saturated carbocycles. The fourth-order valence-corrected chi connectivity index (χ4v) is 3.07. The number of anilines is 1. The topological polar surface area (TPSA) is 39.9 Å². The Morgan fingerprint density at radius 3 is 2.87 bits per heavy atom. The number of rotatable bonds is 4. The summed E-state index contributed by atoms with van der Waals surface area (Å²) in [7, 11) is 4.08. The second kappa shape index (κ2) is 7.20. The minimum Gasteiger partial charge on any atom is -0.460 e. The number of hydrogen-bond acceptors (Lipinski definition) is 4. The lowest BCUT2D eigenvalue weighted by atomic mass is 10.1. The van der Waals surface area contributed by atoms with Crippen LogP contribution >= 0.6 is 0 Å². The molecular formula is C19H26N2O2. The smallest absolute Gasteiger partial charge is 0.134 e. The molecule has 1 aromatic heterocycles. The van der Waals surface area contributed by atoms with E-state index in [9.17, 15) is 5.11 Å². The minimum atomic E-state index is -0.138. The van der Waals surface area contributed by atoms with Gasteiger partial charge in [-0.05, 0) is 50.1 Å². The van der Waals surface area contributed by atoms with Gasteiger partial charge in [0.15, 0.2) is 0 Å². The summed E-state index contributed by atoms with van der Waals surface area (Å²) < 4.78 is 6.05. The van der Waals surface area contributed by atoms with Crippen molar-refractivity contribution in [3.63, 3.8) is 0 Å². The van der Waals surface area contributed by atoms with Gasteiger partial charge < -0.3 is 14.4 Å². The highest BCUT2D eigenvalue weighted by Crippen LogP contribution is 2.26. The van der Waals surface area contributed by atoms with Crippen LogP contribution in [0.3, 0.4) is 0 Å². The van der Waals surface area contributed by atoms with Gasteiger partial charge in [0, 0.05) is 31.9 Å². The monoisotopic (exact) mass is 314 g/mol. The second-order valence-electron chi connectivity index (χ2n) is 6.57. The van der Waals surface area contributed by atoms with Crippen LogP contribution in [0.5, 0.6) is 0 Å². The Morgan fingerprint density at radius 2 is 2.04 bits per heavy atom. The zero-order valence-corrected chi connectivity index (χ0v) is 14.0. The number of likely N-dealkylation sites (tertiary alicyclic amines) is 1. The third kappa shape index (κ3) is 4.15. The van der Waals surface area contributed by atoms with Crippen molar-refractivity contribution in [1.82, 2.24) is 4.90 Å². The average molecular weight is 314 g/mol. The zero-order chi connectivity index (χ0) is 16.2. The lowest BCUT2D eigenvalue weighted by molar-refractivity contribution is 0.153. The van der Waals surface area contributed by atoms with Crippen molar-refractivity contribution >= 4 is 5.69 Å². The molecule has 0 amide bonds. The predicted octanol–water partition coefficient (Wildman–Crippen LogP) is 3.36. The van der Waals surface area contributed by atoms with E-state index >= 15 is 0 Å². The van der Waals surface area contributed by atoms with Gasteiger partial charge in [0.05, 0.1) is 12.6 Å². The Morgan fingerprint density at radius 1 is 1.17 bits per heavy atom. The molecule has 0 spiro atoms.